The Morgan fingerprint density at radius 1 is 1.36 bits per heavy atom. The Hall–Kier alpha value is -2.61. The van der Waals surface area contributed by atoms with E-state index in [1.165, 1.54) is 6.26 Å². The first-order valence-electron chi connectivity index (χ1n) is 8.32. The maximum Gasteiger partial charge on any atom is 0.242 e. The number of ether oxygens (including phenoxy) is 1. The van der Waals surface area contributed by atoms with E-state index in [1.807, 2.05) is 36.0 Å². The zero-order chi connectivity index (χ0) is 17.6. The van der Waals surface area contributed by atoms with Crippen LogP contribution in [-0.2, 0) is 20.9 Å². The third kappa shape index (κ3) is 4.48. The van der Waals surface area contributed by atoms with Gasteiger partial charge in [0.1, 0.15) is 18.0 Å². The van der Waals surface area contributed by atoms with E-state index in [-0.39, 0.29) is 29.9 Å². The SMILES string of the molecule is CC(C(=O)NC[C@@H]1C[C@H](C(=O)NCc2ccon2)CO1)n1cccc1. The molecule has 0 aliphatic carbocycles. The average Bonchev–Trinajstić information content (AvgIpc) is 3.38. The molecule has 1 saturated heterocycles. The number of nitrogens with one attached hydrogen (secondary N) is 2. The van der Waals surface area contributed by atoms with Crippen LogP contribution in [-0.4, -0.2) is 40.8 Å². The second-order valence-electron chi connectivity index (χ2n) is 6.15. The van der Waals surface area contributed by atoms with Crippen molar-refractivity contribution >= 4 is 11.8 Å². The second-order valence-corrected chi connectivity index (χ2v) is 6.15. The van der Waals surface area contributed by atoms with Crippen LogP contribution in [0.5, 0.6) is 0 Å². The number of carbonyl (C=O) groups excluding carboxylic acids is 2. The summed E-state index contributed by atoms with van der Waals surface area (Å²) in [7, 11) is 0. The number of hydrogen-bond acceptors (Lipinski definition) is 5. The third-order valence-electron chi connectivity index (χ3n) is 4.34. The Kier molecular flexibility index (Phi) is 5.49. The van der Waals surface area contributed by atoms with E-state index < -0.39 is 0 Å². The molecule has 0 radical (unpaired) electrons. The van der Waals surface area contributed by atoms with Gasteiger partial charge in [0.25, 0.3) is 0 Å². The summed E-state index contributed by atoms with van der Waals surface area (Å²) in [5.41, 5.74) is 0.676. The zero-order valence-corrected chi connectivity index (χ0v) is 14.1. The normalized spacial score (nSPS) is 21.0. The van der Waals surface area contributed by atoms with Gasteiger partial charge in [0.15, 0.2) is 0 Å². The molecular weight excluding hydrogens is 324 g/mol. The van der Waals surface area contributed by atoms with Crippen LogP contribution in [0.1, 0.15) is 25.1 Å². The standard InChI is InChI=1S/C17H22N4O4/c1-12(21-5-2-3-6-21)16(22)19-10-15-8-13(11-24-15)17(23)18-9-14-4-7-25-20-14/h2-7,12-13,15H,8-11H2,1H3,(H,18,23)(H,19,22)/t12?,13-,15-/m0/s1. The maximum absolute atomic E-state index is 12.2. The molecule has 8 nitrogen and oxygen atoms in total. The van der Waals surface area contributed by atoms with Crippen molar-refractivity contribution in [3.05, 3.63) is 42.5 Å². The van der Waals surface area contributed by atoms with Crippen LogP contribution in [0, 0.1) is 5.92 Å². The predicted octanol–water partition coefficient (Wildman–Crippen LogP) is 0.875. The number of rotatable bonds is 7. The summed E-state index contributed by atoms with van der Waals surface area (Å²) in [5, 5.41) is 9.45. The highest BCUT2D eigenvalue weighted by Crippen LogP contribution is 2.19. The lowest BCUT2D eigenvalue weighted by molar-refractivity contribution is -0.125. The fourth-order valence-electron chi connectivity index (χ4n) is 2.78. The van der Waals surface area contributed by atoms with E-state index in [1.54, 1.807) is 6.07 Å². The van der Waals surface area contributed by atoms with E-state index >= 15 is 0 Å². The second kappa shape index (κ2) is 7.98. The Morgan fingerprint density at radius 2 is 2.16 bits per heavy atom. The molecule has 2 aromatic rings. The summed E-state index contributed by atoms with van der Waals surface area (Å²) >= 11 is 0. The Bertz CT molecular complexity index is 684. The van der Waals surface area contributed by atoms with Gasteiger partial charge in [0, 0.05) is 25.0 Å². The van der Waals surface area contributed by atoms with Gasteiger partial charge >= 0.3 is 0 Å². The summed E-state index contributed by atoms with van der Waals surface area (Å²) in [5.74, 6) is -0.355. The fraction of sp³-hybridized carbons (Fsp3) is 0.471. The van der Waals surface area contributed by atoms with Crippen LogP contribution in [0.4, 0.5) is 0 Å². The molecule has 1 aliphatic rings. The molecule has 25 heavy (non-hydrogen) atoms. The summed E-state index contributed by atoms with van der Waals surface area (Å²) in [6.07, 6.45) is 5.61. The van der Waals surface area contributed by atoms with Crippen LogP contribution in [0.25, 0.3) is 0 Å². The summed E-state index contributed by atoms with van der Waals surface area (Å²) < 4.78 is 12.2. The largest absolute Gasteiger partial charge is 0.376 e. The first kappa shape index (κ1) is 17.2. The maximum atomic E-state index is 12.2. The predicted molar refractivity (Wildman–Crippen MR) is 88.3 cm³/mol. The summed E-state index contributed by atoms with van der Waals surface area (Å²) in [4.78, 5) is 24.3. The van der Waals surface area contributed by atoms with Crippen LogP contribution in [0.15, 0.2) is 41.4 Å². The van der Waals surface area contributed by atoms with Gasteiger partial charge in [-0.1, -0.05) is 5.16 Å². The first-order valence-corrected chi connectivity index (χ1v) is 8.32. The molecule has 134 valence electrons. The molecule has 0 spiro atoms. The minimum Gasteiger partial charge on any atom is -0.376 e. The molecule has 0 aromatic carbocycles. The number of hydrogen-bond donors (Lipinski definition) is 2. The number of carbonyl (C=O) groups is 2. The Morgan fingerprint density at radius 3 is 2.88 bits per heavy atom. The topological polar surface area (TPSA) is 98.4 Å². The van der Waals surface area contributed by atoms with Crippen LogP contribution in [0.2, 0.25) is 0 Å². The first-order chi connectivity index (χ1) is 12.1. The lowest BCUT2D eigenvalue weighted by Gasteiger charge is -2.16. The van der Waals surface area contributed by atoms with Gasteiger partial charge in [0.05, 0.1) is 25.2 Å². The van der Waals surface area contributed by atoms with Gasteiger partial charge in [-0.15, -0.1) is 0 Å². The summed E-state index contributed by atoms with van der Waals surface area (Å²) in [6, 6.07) is 5.19. The molecular formula is C17H22N4O4. The van der Waals surface area contributed by atoms with Crippen LogP contribution >= 0.6 is 0 Å². The van der Waals surface area contributed by atoms with Crippen molar-refractivity contribution < 1.29 is 18.8 Å². The summed E-state index contributed by atoms with van der Waals surface area (Å²) in [6.45, 7) is 2.93. The zero-order valence-electron chi connectivity index (χ0n) is 14.1. The number of nitrogens with zero attached hydrogens (tertiary/aromatic N) is 2. The van der Waals surface area contributed by atoms with Crippen molar-refractivity contribution in [2.75, 3.05) is 13.2 Å². The molecule has 2 amide bonds. The molecule has 1 fully saturated rings. The highest BCUT2D eigenvalue weighted by Gasteiger charge is 2.31. The van der Waals surface area contributed by atoms with Gasteiger partial charge in [-0.05, 0) is 25.5 Å². The van der Waals surface area contributed by atoms with Crippen molar-refractivity contribution in [1.29, 1.82) is 0 Å². The van der Waals surface area contributed by atoms with E-state index in [2.05, 4.69) is 15.8 Å². The molecule has 0 bridgehead atoms. The quantitative estimate of drug-likeness (QED) is 0.775. The molecule has 8 heteroatoms. The molecule has 3 rings (SSSR count). The van der Waals surface area contributed by atoms with E-state index in [9.17, 15) is 9.59 Å². The third-order valence-corrected chi connectivity index (χ3v) is 4.34. The fourth-order valence-corrected chi connectivity index (χ4v) is 2.78. The van der Waals surface area contributed by atoms with E-state index in [0.29, 0.717) is 31.8 Å². The van der Waals surface area contributed by atoms with Crippen molar-refractivity contribution in [2.45, 2.75) is 32.0 Å². The number of amides is 2. The highest BCUT2D eigenvalue weighted by molar-refractivity contribution is 5.80. The van der Waals surface area contributed by atoms with Gasteiger partial charge in [-0.25, -0.2) is 0 Å². The van der Waals surface area contributed by atoms with Crippen molar-refractivity contribution in [3.8, 4) is 0 Å². The monoisotopic (exact) mass is 346 g/mol. The van der Waals surface area contributed by atoms with E-state index in [0.717, 1.165) is 0 Å². The molecule has 2 aromatic heterocycles. The number of aromatic nitrogens is 2. The molecule has 0 saturated carbocycles. The van der Waals surface area contributed by atoms with E-state index in [4.69, 9.17) is 9.26 Å². The average molecular weight is 346 g/mol. The Balaban J connectivity index is 1.39. The molecule has 1 aliphatic heterocycles. The van der Waals surface area contributed by atoms with Crippen molar-refractivity contribution in [3.63, 3.8) is 0 Å². The smallest absolute Gasteiger partial charge is 0.242 e. The molecule has 2 N–H and O–H groups in total. The van der Waals surface area contributed by atoms with Crippen LogP contribution in [0.3, 0.4) is 0 Å². The van der Waals surface area contributed by atoms with Gasteiger partial charge in [-0.3, -0.25) is 9.59 Å². The minimum absolute atomic E-state index is 0.0706. The Labute approximate surface area is 145 Å². The van der Waals surface area contributed by atoms with Gasteiger partial charge < -0.3 is 24.5 Å². The highest BCUT2D eigenvalue weighted by atomic mass is 16.5. The lowest BCUT2D eigenvalue weighted by atomic mass is 10.0. The molecule has 1 unspecified atom stereocenters. The molecule has 3 atom stereocenters. The molecule has 3 heterocycles. The van der Waals surface area contributed by atoms with Gasteiger partial charge in [-0.2, -0.15) is 0 Å². The van der Waals surface area contributed by atoms with Crippen molar-refractivity contribution in [1.82, 2.24) is 20.4 Å². The van der Waals surface area contributed by atoms with Crippen LogP contribution < -0.4 is 10.6 Å². The minimum atomic E-state index is -0.280. The van der Waals surface area contributed by atoms with Crippen molar-refractivity contribution in [2.24, 2.45) is 5.92 Å². The lowest BCUT2D eigenvalue weighted by Crippen LogP contribution is -2.36. The van der Waals surface area contributed by atoms with Gasteiger partial charge in [0.2, 0.25) is 11.8 Å².